The highest BCUT2D eigenvalue weighted by molar-refractivity contribution is 5.76. The molecule has 1 aliphatic rings. The number of likely N-dealkylation sites (tertiary alicyclic amines) is 1. The third-order valence-corrected chi connectivity index (χ3v) is 2.45. The second-order valence-electron chi connectivity index (χ2n) is 4.15. The molecule has 0 aromatic heterocycles. The molecule has 0 aromatic rings. The monoisotopic (exact) mass is 185 g/mol. The SMILES string of the molecule is CC1(O)CCN(CCCC(=N)N)C1. The zero-order valence-electron chi connectivity index (χ0n) is 8.21. The summed E-state index contributed by atoms with van der Waals surface area (Å²) in [6, 6.07) is 0. The summed E-state index contributed by atoms with van der Waals surface area (Å²) in [5.74, 6) is 0.256. The Morgan fingerprint density at radius 1 is 1.69 bits per heavy atom. The van der Waals surface area contributed by atoms with Crippen LogP contribution in [-0.4, -0.2) is 41.1 Å². The summed E-state index contributed by atoms with van der Waals surface area (Å²) in [6.45, 7) is 4.53. The van der Waals surface area contributed by atoms with Crippen LogP contribution in [0.2, 0.25) is 0 Å². The Bertz CT molecular complexity index is 191. The molecule has 76 valence electrons. The number of hydrogen-bond donors (Lipinski definition) is 3. The highest BCUT2D eigenvalue weighted by Crippen LogP contribution is 2.20. The second-order valence-corrected chi connectivity index (χ2v) is 4.15. The van der Waals surface area contributed by atoms with E-state index in [2.05, 4.69) is 4.90 Å². The summed E-state index contributed by atoms with van der Waals surface area (Å²) in [4.78, 5) is 2.23. The zero-order chi connectivity index (χ0) is 9.90. The zero-order valence-corrected chi connectivity index (χ0v) is 8.21. The van der Waals surface area contributed by atoms with Gasteiger partial charge in [0.2, 0.25) is 0 Å². The van der Waals surface area contributed by atoms with E-state index in [-0.39, 0.29) is 5.84 Å². The summed E-state index contributed by atoms with van der Waals surface area (Å²) in [6.07, 6.45) is 2.44. The molecule has 0 bridgehead atoms. The van der Waals surface area contributed by atoms with Gasteiger partial charge in [-0.2, -0.15) is 0 Å². The van der Waals surface area contributed by atoms with Crippen molar-refractivity contribution in [2.24, 2.45) is 5.73 Å². The van der Waals surface area contributed by atoms with Gasteiger partial charge in [-0.25, -0.2) is 0 Å². The predicted molar refractivity (Wildman–Crippen MR) is 52.8 cm³/mol. The molecule has 13 heavy (non-hydrogen) atoms. The lowest BCUT2D eigenvalue weighted by molar-refractivity contribution is 0.0687. The fourth-order valence-electron chi connectivity index (χ4n) is 1.72. The summed E-state index contributed by atoms with van der Waals surface area (Å²) in [7, 11) is 0. The second kappa shape index (κ2) is 4.07. The first-order chi connectivity index (χ1) is 5.99. The van der Waals surface area contributed by atoms with Crippen molar-refractivity contribution in [1.29, 1.82) is 5.41 Å². The fourth-order valence-corrected chi connectivity index (χ4v) is 1.72. The molecule has 0 aromatic carbocycles. The number of hydrogen-bond acceptors (Lipinski definition) is 3. The van der Waals surface area contributed by atoms with Crippen LogP contribution in [0.4, 0.5) is 0 Å². The molecule has 1 heterocycles. The normalized spacial score (nSPS) is 29.4. The van der Waals surface area contributed by atoms with Gasteiger partial charge in [0.15, 0.2) is 0 Å². The molecule has 0 amide bonds. The van der Waals surface area contributed by atoms with E-state index in [0.29, 0.717) is 6.42 Å². The van der Waals surface area contributed by atoms with E-state index in [1.165, 1.54) is 0 Å². The predicted octanol–water partition coefficient (Wildman–Crippen LogP) is 0.159. The maximum absolute atomic E-state index is 9.66. The van der Waals surface area contributed by atoms with Crippen LogP contribution in [0.15, 0.2) is 0 Å². The maximum atomic E-state index is 9.66. The number of nitrogens with two attached hydrogens (primary N) is 1. The summed E-state index contributed by atoms with van der Waals surface area (Å²) >= 11 is 0. The molecule has 1 atom stereocenters. The number of rotatable bonds is 4. The summed E-state index contributed by atoms with van der Waals surface area (Å²) < 4.78 is 0. The molecule has 4 N–H and O–H groups in total. The van der Waals surface area contributed by atoms with Crippen molar-refractivity contribution in [2.75, 3.05) is 19.6 Å². The van der Waals surface area contributed by atoms with Crippen LogP contribution in [0.25, 0.3) is 0 Å². The Morgan fingerprint density at radius 3 is 2.85 bits per heavy atom. The largest absolute Gasteiger partial charge is 0.389 e. The smallest absolute Gasteiger partial charge is 0.0905 e. The number of amidine groups is 1. The molecule has 0 spiro atoms. The summed E-state index contributed by atoms with van der Waals surface area (Å²) in [5, 5.41) is 16.7. The average Bonchev–Trinajstić information content (AvgIpc) is 2.29. The van der Waals surface area contributed by atoms with Crippen LogP contribution in [0, 0.1) is 5.41 Å². The molecule has 0 saturated carbocycles. The minimum atomic E-state index is -0.504. The topological polar surface area (TPSA) is 73.3 Å². The highest BCUT2D eigenvalue weighted by atomic mass is 16.3. The third kappa shape index (κ3) is 3.74. The fraction of sp³-hybridized carbons (Fsp3) is 0.889. The lowest BCUT2D eigenvalue weighted by atomic mass is 10.1. The maximum Gasteiger partial charge on any atom is 0.0905 e. The van der Waals surface area contributed by atoms with Crippen LogP contribution in [0.1, 0.15) is 26.2 Å². The van der Waals surface area contributed by atoms with E-state index in [4.69, 9.17) is 11.1 Å². The Balaban J connectivity index is 2.14. The molecule has 1 rings (SSSR count). The number of nitrogens with zero attached hydrogens (tertiary/aromatic N) is 1. The van der Waals surface area contributed by atoms with Gasteiger partial charge in [-0.1, -0.05) is 0 Å². The Labute approximate surface area is 79.2 Å². The first kappa shape index (κ1) is 10.5. The Morgan fingerprint density at radius 2 is 2.38 bits per heavy atom. The standard InChI is InChI=1S/C9H19N3O/c1-9(13)4-6-12(7-9)5-2-3-8(10)11/h13H,2-7H2,1H3,(H3,10,11). The number of nitrogens with one attached hydrogen (secondary N) is 1. The van der Waals surface area contributed by atoms with E-state index in [1.54, 1.807) is 0 Å². The molecule has 1 saturated heterocycles. The van der Waals surface area contributed by atoms with E-state index >= 15 is 0 Å². The van der Waals surface area contributed by atoms with Crippen LogP contribution in [0.5, 0.6) is 0 Å². The van der Waals surface area contributed by atoms with E-state index in [1.807, 2.05) is 6.92 Å². The van der Waals surface area contributed by atoms with Crippen molar-refractivity contribution < 1.29 is 5.11 Å². The third-order valence-electron chi connectivity index (χ3n) is 2.45. The van der Waals surface area contributed by atoms with E-state index in [9.17, 15) is 5.11 Å². The van der Waals surface area contributed by atoms with Gasteiger partial charge in [0, 0.05) is 19.5 Å². The highest BCUT2D eigenvalue weighted by Gasteiger charge is 2.30. The van der Waals surface area contributed by atoms with Gasteiger partial charge < -0.3 is 15.7 Å². The molecule has 1 aliphatic heterocycles. The minimum Gasteiger partial charge on any atom is -0.389 e. The van der Waals surface area contributed by atoms with Crippen LogP contribution >= 0.6 is 0 Å². The summed E-state index contributed by atoms with van der Waals surface area (Å²) in [5.41, 5.74) is 4.74. The van der Waals surface area contributed by atoms with Crippen molar-refractivity contribution in [3.8, 4) is 0 Å². The number of aliphatic hydroxyl groups is 1. The van der Waals surface area contributed by atoms with Crippen molar-refractivity contribution in [1.82, 2.24) is 4.90 Å². The average molecular weight is 185 g/mol. The molecule has 1 fully saturated rings. The van der Waals surface area contributed by atoms with Gasteiger partial charge >= 0.3 is 0 Å². The van der Waals surface area contributed by atoms with Crippen LogP contribution < -0.4 is 5.73 Å². The Kier molecular flexibility index (Phi) is 3.27. The number of β-amino-alcohol motifs (C(OH)–C–C–N with tert-alkyl or cyclic N) is 1. The lowest BCUT2D eigenvalue weighted by Gasteiger charge is -2.18. The minimum absolute atomic E-state index is 0.256. The van der Waals surface area contributed by atoms with Crippen LogP contribution in [-0.2, 0) is 0 Å². The van der Waals surface area contributed by atoms with Crippen LogP contribution in [0.3, 0.4) is 0 Å². The molecule has 0 radical (unpaired) electrons. The van der Waals surface area contributed by atoms with Gasteiger partial charge in [-0.15, -0.1) is 0 Å². The first-order valence-corrected chi connectivity index (χ1v) is 4.77. The van der Waals surface area contributed by atoms with Gasteiger partial charge in [0.05, 0.1) is 11.4 Å². The lowest BCUT2D eigenvalue weighted by Crippen LogP contribution is -2.30. The van der Waals surface area contributed by atoms with Crippen molar-refractivity contribution in [3.05, 3.63) is 0 Å². The molecular formula is C9H19N3O. The quantitative estimate of drug-likeness (QED) is 0.431. The van der Waals surface area contributed by atoms with E-state index < -0.39 is 5.60 Å². The van der Waals surface area contributed by atoms with Gasteiger partial charge in [0.1, 0.15) is 0 Å². The van der Waals surface area contributed by atoms with Crippen molar-refractivity contribution in [3.63, 3.8) is 0 Å². The molecular weight excluding hydrogens is 166 g/mol. The van der Waals surface area contributed by atoms with Gasteiger partial charge in [-0.3, -0.25) is 5.41 Å². The molecule has 1 unspecified atom stereocenters. The van der Waals surface area contributed by atoms with Crippen molar-refractivity contribution >= 4 is 5.84 Å². The van der Waals surface area contributed by atoms with Crippen molar-refractivity contribution in [2.45, 2.75) is 31.8 Å². The van der Waals surface area contributed by atoms with Gasteiger partial charge in [-0.05, 0) is 26.3 Å². The first-order valence-electron chi connectivity index (χ1n) is 4.77. The molecule has 4 nitrogen and oxygen atoms in total. The Hall–Kier alpha value is -0.610. The van der Waals surface area contributed by atoms with E-state index in [0.717, 1.165) is 32.5 Å². The van der Waals surface area contributed by atoms with Gasteiger partial charge in [0.25, 0.3) is 0 Å². The molecule has 4 heteroatoms. The molecule has 0 aliphatic carbocycles.